The van der Waals surface area contributed by atoms with E-state index in [0.717, 1.165) is 36.0 Å². The third-order valence-electron chi connectivity index (χ3n) is 2.84. The molecule has 0 aliphatic heterocycles. The third-order valence-corrected chi connectivity index (χ3v) is 2.84. The van der Waals surface area contributed by atoms with Crippen LogP contribution in [0.1, 0.15) is 30.6 Å². The van der Waals surface area contributed by atoms with Gasteiger partial charge in [-0.05, 0) is 20.3 Å². The molecule has 0 radical (unpaired) electrons. The summed E-state index contributed by atoms with van der Waals surface area (Å²) in [5, 5.41) is 10.2. The Kier molecular flexibility index (Phi) is 4.86. The average Bonchev–Trinajstić information content (AvgIpc) is 2.94. The van der Waals surface area contributed by atoms with Gasteiger partial charge in [-0.15, -0.1) is 0 Å². The van der Waals surface area contributed by atoms with Gasteiger partial charge in [0.15, 0.2) is 6.33 Å². The molecule has 2 N–H and O–H groups in total. The molecular formula is C13H20N6O. The minimum Gasteiger partial charge on any atom is -0.370 e. The summed E-state index contributed by atoms with van der Waals surface area (Å²) in [4.78, 5) is 12.8. The highest BCUT2D eigenvalue weighted by Crippen LogP contribution is 2.19. The lowest BCUT2D eigenvalue weighted by molar-refractivity contribution is 0.379. The molecule has 108 valence electrons. The van der Waals surface area contributed by atoms with Crippen LogP contribution in [0.5, 0.6) is 0 Å². The highest BCUT2D eigenvalue weighted by atomic mass is 16.5. The number of rotatable bonds is 7. The van der Waals surface area contributed by atoms with Gasteiger partial charge in [-0.1, -0.05) is 12.1 Å². The molecule has 0 spiro atoms. The monoisotopic (exact) mass is 276 g/mol. The largest absolute Gasteiger partial charge is 0.370 e. The van der Waals surface area contributed by atoms with E-state index in [4.69, 9.17) is 4.52 Å². The lowest BCUT2D eigenvalue weighted by Crippen LogP contribution is -2.12. The van der Waals surface area contributed by atoms with Crippen LogP contribution in [0.3, 0.4) is 0 Å². The first-order chi connectivity index (χ1) is 9.70. The van der Waals surface area contributed by atoms with Crippen LogP contribution in [0.2, 0.25) is 0 Å². The molecule has 0 aliphatic rings. The number of aryl methyl sites for hydroxylation is 1. The predicted octanol–water partition coefficient (Wildman–Crippen LogP) is 1.95. The zero-order chi connectivity index (χ0) is 14.4. The molecule has 2 heterocycles. The molecule has 20 heavy (non-hydrogen) atoms. The highest BCUT2D eigenvalue weighted by molar-refractivity contribution is 5.57. The molecule has 7 heteroatoms. The third kappa shape index (κ3) is 3.66. The van der Waals surface area contributed by atoms with Gasteiger partial charge in [0.05, 0.1) is 0 Å². The molecule has 7 nitrogen and oxygen atoms in total. The SMILES string of the molecule is CCCNc1nc(C)nc(NCCc2ncno2)c1C. The van der Waals surface area contributed by atoms with E-state index in [1.54, 1.807) is 0 Å². The summed E-state index contributed by atoms with van der Waals surface area (Å²) in [6.45, 7) is 7.61. The molecule has 0 aliphatic carbocycles. The number of nitrogens with zero attached hydrogens (tertiary/aromatic N) is 4. The molecular weight excluding hydrogens is 256 g/mol. The van der Waals surface area contributed by atoms with Crippen LogP contribution in [-0.4, -0.2) is 33.2 Å². The van der Waals surface area contributed by atoms with Crippen LogP contribution in [0.15, 0.2) is 10.9 Å². The summed E-state index contributed by atoms with van der Waals surface area (Å²) in [6.07, 6.45) is 3.13. The van der Waals surface area contributed by atoms with Crippen LogP contribution in [0.4, 0.5) is 11.6 Å². The van der Waals surface area contributed by atoms with Crippen LogP contribution >= 0.6 is 0 Å². The van der Waals surface area contributed by atoms with Crippen molar-refractivity contribution < 1.29 is 4.52 Å². The Hall–Kier alpha value is -2.18. The smallest absolute Gasteiger partial charge is 0.228 e. The molecule has 0 fully saturated rings. The van der Waals surface area contributed by atoms with Gasteiger partial charge in [0.25, 0.3) is 0 Å². The van der Waals surface area contributed by atoms with Crippen molar-refractivity contribution in [3.05, 3.63) is 23.6 Å². The lowest BCUT2D eigenvalue weighted by atomic mass is 10.3. The zero-order valence-electron chi connectivity index (χ0n) is 12.1. The van der Waals surface area contributed by atoms with E-state index in [-0.39, 0.29) is 0 Å². The van der Waals surface area contributed by atoms with Crippen LogP contribution in [-0.2, 0) is 6.42 Å². The van der Waals surface area contributed by atoms with Gasteiger partial charge in [0, 0.05) is 25.1 Å². The van der Waals surface area contributed by atoms with Crippen molar-refractivity contribution >= 4 is 11.6 Å². The van der Waals surface area contributed by atoms with Crippen LogP contribution in [0.25, 0.3) is 0 Å². The standard InChI is InChI=1S/C13H20N6O/c1-4-6-14-12-9(2)13(19-10(3)18-12)15-7-5-11-16-8-17-20-11/h8H,4-7H2,1-3H3,(H2,14,15,18,19). The topological polar surface area (TPSA) is 88.8 Å². The summed E-state index contributed by atoms with van der Waals surface area (Å²) in [5.41, 5.74) is 1.02. The highest BCUT2D eigenvalue weighted by Gasteiger charge is 2.09. The Labute approximate surface area is 118 Å². The summed E-state index contributed by atoms with van der Waals surface area (Å²) < 4.78 is 4.96. The normalized spacial score (nSPS) is 10.6. The van der Waals surface area contributed by atoms with Crippen LogP contribution < -0.4 is 10.6 Å². The molecule has 2 aromatic rings. The van der Waals surface area contributed by atoms with E-state index in [0.29, 0.717) is 18.9 Å². The molecule has 0 aromatic carbocycles. The first-order valence-corrected chi connectivity index (χ1v) is 6.79. The maximum absolute atomic E-state index is 4.96. The van der Waals surface area contributed by atoms with E-state index >= 15 is 0 Å². The van der Waals surface area contributed by atoms with Crippen molar-refractivity contribution in [1.82, 2.24) is 20.1 Å². The fourth-order valence-electron chi connectivity index (χ4n) is 1.81. The van der Waals surface area contributed by atoms with E-state index in [1.165, 1.54) is 6.33 Å². The Bertz CT molecular complexity index is 540. The predicted molar refractivity (Wildman–Crippen MR) is 76.8 cm³/mol. The average molecular weight is 276 g/mol. The van der Waals surface area contributed by atoms with E-state index in [1.807, 2.05) is 13.8 Å². The second-order valence-corrected chi connectivity index (χ2v) is 4.53. The van der Waals surface area contributed by atoms with Gasteiger partial charge in [-0.2, -0.15) is 4.98 Å². The molecule has 2 rings (SSSR count). The fourth-order valence-corrected chi connectivity index (χ4v) is 1.81. The summed E-state index contributed by atoms with van der Waals surface area (Å²) in [7, 11) is 0. The zero-order valence-corrected chi connectivity index (χ0v) is 12.1. The minimum absolute atomic E-state index is 0.616. The Balaban J connectivity index is 2.01. The van der Waals surface area contributed by atoms with Crippen molar-refractivity contribution in [2.45, 2.75) is 33.6 Å². The molecule has 0 atom stereocenters. The lowest BCUT2D eigenvalue weighted by Gasteiger charge is -2.13. The summed E-state index contributed by atoms with van der Waals surface area (Å²) >= 11 is 0. The van der Waals surface area contributed by atoms with E-state index in [2.05, 4.69) is 37.7 Å². The van der Waals surface area contributed by atoms with Crippen molar-refractivity contribution in [3.63, 3.8) is 0 Å². The number of nitrogens with one attached hydrogen (secondary N) is 2. The van der Waals surface area contributed by atoms with Gasteiger partial charge >= 0.3 is 0 Å². The number of hydrogen-bond acceptors (Lipinski definition) is 7. The van der Waals surface area contributed by atoms with Crippen molar-refractivity contribution in [3.8, 4) is 0 Å². The number of aromatic nitrogens is 4. The molecule has 0 saturated carbocycles. The van der Waals surface area contributed by atoms with Gasteiger partial charge < -0.3 is 15.2 Å². The Morgan fingerprint density at radius 2 is 1.80 bits per heavy atom. The molecule has 2 aromatic heterocycles. The van der Waals surface area contributed by atoms with E-state index in [9.17, 15) is 0 Å². The van der Waals surface area contributed by atoms with Gasteiger partial charge in [-0.3, -0.25) is 0 Å². The van der Waals surface area contributed by atoms with Crippen molar-refractivity contribution in [2.24, 2.45) is 0 Å². The first-order valence-electron chi connectivity index (χ1n) is 6.79. The van der Waals surface area contributed by atoms with Crippen LogP contribution in [0, 0.1) is 13.8 Å². The minimum atomic E-state index is 0.616. The number of anilines is 2. The number of hydrogen-bond donors (Lipinski definition) is 2. The molecule has 0 unspecified atom stereocenters. The Morgan fingerprint density at radius 3 is 2.40 bits per heavy atom. The summed E-state index contributed by atoms with van der Waals surface area (Å²) in [5.74, 6) is 3.09. The van der Waals surface area contributed by atoms with E-state index < -0.39 is 0 Å². The molecule has 0 amide bonds. The van der Waals surface area contributed by atoms with Gasteiger partial charge in [0.1, 0.15) is 17.5 Å². The quantitative estimate of drug-likeness (QED) is 0.799. The van der Waals surface area contributed by atoms with Gasteiger partial charge in [-0.25, -0.2) is 9.97 Å². The molecule has 0 bridgehead atoms. The Morgan fingerprint density at radius 1 is 1.10 bits per heavy atom. The van der Waals surface area contributed by atoms with Crippen molar-refractivity contribution in [2.75, 3.05) is 23.7 Å². The van der Waals surface area contributed by atoms with Crippen molar-refractivity contribution in [1.29, 1.82) is 0 Å². The second kappa shape index (κ2) is 6.83. The first kappa shape index (κ1) is 14.2. The maximum atomic E-state index is 4.96. The summed E-state index contributed by atoms with van der Waals surface area (Å²) in [6, 6.07) is 0. The maximum Gasteiger partial charge on any atom is 0.228 e. The van der Waals surface area contributed by atoms with Gasteiger partial charge in [0.2, 0.25) is 5.89 Å². The molecule has 0 saturated heterocycles. The second-order valence-electron chi connectivity index (χ2n) is 4.53. The fraction of sp³-hybridized carbons (Fsp3) is 0.538.